The highest BCUT2D eigenvalue weighted by atomic mass is 79.9. The molecule has 21 heavy (non-hydrogen) atoms. The Morgan fingerprint density at radius 3 is 2.10 bits per heavy atom. The molecule has 5 heteroatoms. The summed E-state index contributed by atoms with van der Waals surface area (Å²) >= 11 is 3.31. The van der Waals surface area contributed by atoms with E-state index in [4.69, 9.17) is 0 Å². The Balaban J connectivity index is 2.08. The predicted octanol–water partition coefficient (Wildman–Crippen LogP) is 3.64. The molecule has 0 aliphatic heterocycles. The highest BCUT2D eigenvalue weighted by Gasteiger charge is 2.16. The van der Waals surface area contributed by atoms with E-state index in [1.807, 2.05) is 38.1 Å². The Labute approximate surface area is 131 Å². The fraction of sp³-hybridized carbons (Fsp3) is 0.125. The standard InChI is InChI=1S/C16H15BrN2O2/c1-10-5-3-6-11(2)14(10)19-16(21)15(20)18-13-8-4-7-12(17)9-13/h3-9H,1-2H3,(H,18,20)(H,19,21). The minimum absolute atomic E-state index is 0.561. The van der Waals surface area contributed by atoms with Crippen LogP contribution in [-0.2, 0) is 9.59 Å². The van der Waals surface area contributed by atoms with Gasteiger partial charge >= 0.3 is 11.8 Å². The Morgan fingerprint density at radius 2 is 1.48 bits per heavy atom. The first kappa shape index (κ1) is 15.3. The lowest BCUT2D eigenvalue weighted by Gasteiger charge is -2.11. The molecule has 0 aromatic heterocycles. The van der Waals surface area contributed by atoms with Crippen LogP contribution in [0.3, 0.4) is 0 Å². The second kappa shape index (κ2) is 6.54. The van der Waals surface area contributed by atoms with Crippen molar-refractivity contribution >= 4 is 39.1 Å². The summed E-state index contributed by atoms with van der Waals surface area (Å²) in [4.78, 5) is 23.9. The molecule has 0 atom stereocenters. The summed E-state index contributed by atoms with van der Waals surface area (Å²) < 4.78 is 0.829. The van der Waals surface area contributed by atoms with Gasteiger partial charge in [0.25, 0.3) is 0 Å². The Kier molecular flexibility index (Phi) is 4.75. The molecule has 0 spiro atoms. The smallest absolute Gasteiger partial charge is 0.314 e. The van der Waals surface area contributed by atoms with Crippen LogP contribution in [0.25, 0.3) is 0 Å². The zero-order chi connectivity index (χ0) is 15.4. The number of aryl methyl sites for hydroxylation is 2. The van der Waals surface area contributed by atoms with Crippen LogP contribution in [0, 0.1) is 13.8 Å². The van der Waals surface area contributed by atoms with E-state index in [2.05, 4.69) is 26.6 Å². The van der Waals surface area contributed by atoms with E-state index >= 15 is 0 Å². The first-order valence-electron chi connectivity index (χ1n) is 6.41. The number of halogens is 1. The van der Waals surface area contributed by atoms with Gasteiger partial charge in [-0.2, -0.15) is 0 Å². The number of hydrogen-bond donors (Lipinski definition) is 2. The van der Waals surface area contributed by atoms with E-state index in [1.54, 1.807) is 18.2 Å². The molecule has 0 saturated carbocycles. The number of carbonyl (C=O) groups is 2. The van der Waals surface area contributed by atoms with E-state index in [0.717, 1.165) is 15.6 Å². The molecule has 2 amide bonds. The molecule has 0 aliphatic rings. The third-order valence-electron chi connectivity index (χ3n) is 3.01. The monoisotopic (exact) mass is 346 g/mol. The van der Waals surface area contributed by atoms with Gasteiger partial charge in [-0.25, -0.2) is 0 Å². The van der Waals surface area contributed by atoms with Crippen molar-refractivity contribution in [1.82, 2.24) is 0 Å². The summed E-state index contributed by atoms with van der Waals surface area (Å²) in [5, 5.41) is 5.21. The van der Waals surface area contributed by atoms with Gasteiger partial charge in [0.05, 0.1) is 0 Å². The van der Waals surface area contributed by atoms with Crippen molar-refractivity contribution in [3.8, 4) is 0 Å². The van der Waals surface area contributed by atoms with Gasteiger partial charge in [0.15, 0.2) is 0 Å². The Morgan fingerprint density at radius 1 is 0.905 bits per heavy atom. The summed E-state index contributed by atoms with van der Waals surface area (Å²) in [6.07, 6.45) is 0. The van der Waals surface area contributed by atoms with Gasteiger partial charge in [-0.05, 0) is 43.2 Å². The zero-order valence-electron chi connectivity index (χ0n) is 11.7. The molecule has 0 bridgehead atoms. The number of para-hydroxylation sites is 1. The van der Waals surface area contributed by atoms with E-state index in [1.165, 1.54) is 0 Å². The fourth-order valence-electron chi connectivity index (χ4n) is 1.94. The van der Waals surface area contributed by atoms with Gasteiger partial charge in [0.1, 0.15) is 0 Å². The summed E-state index contributed by atoms with van der Waals surface area (Å²) in [6, 6.07) is 12.7. The number of hydrogen-bond acceptors (Lipinski definition) is 2. The van der Waals surface area contributed by atoms with Gasteiger partial charge in [0.2, 0.25) is 0 Å². The molecule has 2 aromatic rings. The Hall–Kier alpha value is -2.14. The van der Waals surface area contributed by atoms with Crippen LogP contribution in [0.1, 0.15) is 11.1 Å². The maximum absolute atomic E-state index is 12.0. The normalized spacial score (nSPS) is 10.0. The van der Waals surface area contributed by atoms with Crippen LogP contribution in [0.2, 0.25) is 0 Å². The highest BCUT2D eigenvalue weighted by molar-refractivity contribution is 9.10. The second-order valence-corrected chi connectivity index (χ2v) is 5.60. The minimum atomic E-state index is -0.698. The van der Waals surface area contributed by atoms with Gasteiger partial charge in [-0.15, -0.1) is 0 Å². The number of anilines is 2. The molecule has 0 fully saturated rings. The third kappa shape index (κ3) is 3.92. The SMILES string of the molecule is Cc1cccc(C)c1NC(=O)C(=O)Nc1cccc(Br)c1. The molecular weight excluding hydrogens is 332 g/mol. The summed E-state index contributed by atoms with van der Waals surface area (Å²) in [5.74, 6) is -1.39. The number of amides is 2. The van der Waals surface area contributed by atoms with Crippen LogP contribution in [0.5, 0.6) is 0 Å². The molecule has 0 radical (unpaired) electrons. The highest BCUT2D eigenvalue weighted by Crippen LogP contribution is 2.19. The van der Waals surface area contributed by atoms with E-state index in [9.17, 15) is 9.59 Å². The van der Waals surface area contributed by atoms with Crippen LogP contribution < -0.4 is 10.6 Å². The minimum Gasteiger partial charge on any atom is -0.318 e. The van der Waals surface area contributed by atoms with Crippen molar-refractivity contribution in [1.29, 1.82) is 0 Å². The second-order valence-electron chi connectivity index (χ2n) is 4.69. The third-order valence-corrected chi connectivity index (χ3v) is 3.50. The average Bonchev–Trinajstić information content (AvgIpc) is 2.43. The first-order chi connectivity index (χ1) is 9.97. The lowest BCUT2D eigenvalue weighted by atomic mass is 10.1. The van der Waals surface area contributed by atoms with E-state index in [-0.39, 0.29) is 0 Å². The topological polar surface area (TPSA) is 58.2 Å². The predicted molar refractivity (Wildman–Crippen MR) is 87.3 cm³/mol. The number of nitrogens with one attached hydrogen (secondary N) is 2. The molecule has 0 unspecified atom stereocenters. The maximum Gasteiger partial charge on any atom is 0.314 e. The van der Waals surface area contributed by atoms with Crippen molar-refractivity contribution in [2.24, 2.45) is 0 Å². The van der Waals surface area contributed by atoms with Crippen LogP contribution >= 0.6 is 15.9 Å². The Bertz CT molecular complexity index is 678. The van der Waals surface area contributed by atoms with Gasteiger partial charge in [0, 0.05) is 15.8 Å². The number of rotatable bonds is 2. The lowest BCUT2D eigenvalue weighted by molar-refractivity contribution is -0.133. The van der Waals surface area contributed by atoms with Crippen molar-refractivity contribution in [3.05, 3.63) is 58.1 Å². The molecular formula is C16H15BrN2O2. The van der Waals surface area contributed by atoms with Crippen molar-refractivity contribution in [2.45, 2.75) is 13.8 Å². The quantitative estimate of drug-likeness (QED) is 0.815. The fourth-order valence-corrected chi connectivity index (χ4v) is 2.34. The number of benzene rings is 2. The van der Waals surface area contributed by atoms with E-state index in [0.29, 0.717) is 11.4 Å². The molecule has 4 nitrogen and oxygen atoms in total. The van der Waals surface area contributed by atoms with Crippen LogP contribution in [0.4, 0.5) is 11.4 Å². The zero-order valence-corrected chi connectivity index (χ0v) is 13.3. The summed E-state index contributed by atoms with van der Waals surface area (Å²) in [6.45, 7) is 3.77. The van der Waals surface area contributed by atoms with Gasteiger partial charge < -0.3 is 10.6 Å². The van der Waals surface area contributed by atoms with Crippen molar-refractivity contribution in [2.75, 3.05) is 10.6 Å². The molecule has 108 valence electrons. The summed E-state index contributed by atoms with van der Waals surface area (Å²) in [7, 11) is 0. The molecule has 0 aliphatic carbocycles. The molecule has 0 saturated heterocycles. The van der Waals surface area contributed by atoms with Crippen LogP contribution in [0.15, 0.2) is 46.9 Å². The van der Waals surface area contributed by atoms with Gasteiger partial charge in [-0.1, -0.05) is 40.2 Å². The lowest BCUT2D eigenvalue weighted by Crippen LogP contribution is -2.29. The first-order valence-corrected chi connectivity index (χ1v) is 7.21. The van der Waals surface area contributed by atoms with Crippen molar-refractivity contribution in [3.63, 3.8) is 0 Å². The largest absolute Gasteiger partial charge is 0.318 e. The van der Waals surface area contributed by atoms with Crippen molar-refractivity contribution < 1.29 is 9.59 Å². The molecule has 2 rings (SSSR count). The summed E-state index contributed by atoms with van der Waals surface area (Å²) in [5.41, 5.74) is 3.06. The van der Waals surface area contributed by atoms with Crippen LogP contribution in [-0.4, -0.2) is 11.8 Å². The average molecular weight is 347 g/mol. The molecule has 2 aromatic carbocycles. The maximum atomic E-state index is 12.0. The van der Waals surface area contributed by atoms with E-state index < -0.39 is 11.8 Å². The molecule has 2 N–H and O–H groups in total. The number of carbonyl (C=O) groups excluding carboxylic acids is 2. The molecule has 0 heterocycles. The van der Waals surface area contributed by atoms with Gasteiger partial charge in [-0.3, -0.25) is 9.59 Å².